The molecule has 0 unspecified atom stereocenters. The van der Waals surface area contributed by atoms with Crippen LogP contribution >= 0.6 is 11.6 Å². The summed E-state index contributed by atoms with van der Waals surface area (Å²) in [6.45, 7) is 5.05. The lowest BCUT2D eigenvalue weighted by molar-refractivity contribution is 0.297. The van der Waals surface area contributed by atoms with Crippen molar-refractivity contribution in [3.05, 3.63) is 35.2 Å². The Morgan fingerprint density at radius 1 is 1.23 bits per heavy atom. The smallest absolute Gasteiger partial charge is 0.261 e. The minimum Gasteiger partial charge on any atom is -0.490 e. The van der Waals surface area contributed by atoms with Gasteiger partial charge in [-0.1, -0.05) is 31.5 Å². The van der Waals surface area contributed by atoms with Gasteiger partial charge in [0.2, 0.25) is 5.03 Å². The number of aromatic nitrogens is 2. The zero-order chi connectivity index (χ0) is 18.9. The van der Waals surface area contributed by atoms with Crippen molar-refractivity contribution in [3.63, 3.8) is 0 Å². The molecule has 0 fully saturated rings. The number of halogens is 1. The highest BCUT2D eigenvalue weighted by molar-refractivity contribution is 7.89. The van der Waals surface area contributed by atoms with Gasteiger partial charge in [-0.2, -0.15) is 0 Å². The summed E-state index contributed by atoms with van der Waals surface area (Å²) in [5.74, 6) is 1.29. The molecule has 3 rings (SSSR count). The normalized spacial score (nSPS) is 15.7. The van der Waals surface area contributed by atoms with Crippen LogP contribution < -0.4 is 14.2 Å². The Morgan fingerprint density at radius 3 is 2.54 bits per heavy atom. The van der Waals surface area contributed by atoms with Gasteiger partial charge in [0.05, 0.1) is 19.5 Å². The van der Waals surface area contributed by atoms with E-state index in [1.54, 1.807) is 7.05 Å². The number of ether oxygens (including phenoxy) is 2. The standard InChI is InChI=1S/C17H22ClN3O4S/c1-11(2)15(20-26(22,23)17-16(18)21(3)10-19-17)12-5-6-13-14(9-12)25-8-4-7-24-13/h5-6,9-11,15,20H,4,7-8H2,1-3H3/t15-/m0/s1. The zero-order valence-corrected chi connectivity index (χ0v) is 16.5. The molecule has 1 N–H and O–H groups in total. The molecule has 1 aromatic carbocycles. The highest BCUT2D eigenvalue weighted by atomic mass is 35.5. The number of imidazole rings is 1. The first-order chi connectivity index (χ1) is 12.3. The number of aryl methyl sites for hydroxylation is 1. The first-order valence-electron chi connectivity index (χ1n) is 8.38. The molecule has 7 nitrogen and oxygen atoms in total. The molecular weight excluding hydrogens is 378 g/mol. The van der Waals surface area contributed by atoms with Crippen molar-refractivity contribution in [1.82, 2.24) is 14.3 Å². The SMILES string of the molecule is CC(C)[C@H](NS(=O)(=O)c1ncn(C)c1Cl)c1ccc2c(c1)OCCCO2. The van der Waals surface area contributed by atoms with Crippen molar-refractivity contribution < 1.29 is 17.9 Å². The van der Waals surface area contributed by atoms with Gasteiger partial charge in [-0.05, 0) is 23.6 Å². The third-order valence-corrected chi connectivity index (χ3v) is 6.10. The van der Waals surface area contributed by atoms with Gasteiger partial charge in [0.1, 0.15) is 5.15 Å². The molecule has 0 saturated heterocycles. The van der Waals surface area contributed by atoms with E-state index in [0.29, 0.717) is 24.7 Å². The molecule has 9 heteroatoms. The average molecular weight is 400 g/mol. The maximum Gasteiger partial charge on any atom is 0.261 e. The second-order valence-electron chi connectivity index (χ2n) is 6.55. The Hall–Kier alpha value is -1.77. The van der Waals surface area contributed by atoms with Crippen LogP contribution in [0.1, 0.15) is 31.9 Å². The van der Waals surface area contributed by atoms with E-state index in [2.05, 4.69) is 9.71 Å². The zero-order valence-electron chi connectivity index (χ0n) is 14.9. The molecule has 2 aromatic rings. The third-order valence-electron chi connectivity index (χ3n) is 4.17. The molecule has 142 valence electrons. The second-order valence-corrected chi connectivity index (χ2v) is 8.54. The largest absolute Gasteiger partial charge is 0.490 e. The lowest BCUT2D eigenvalue weighted by atomic mass is 9.97. The predicted octanol–water partition coefficient (Wildman–Crippen LogP) is 2.91. The molecule has 1 aromatic heterocycles. The first kappa shape index (κ1) is 19.0. The van der Waals surface area contributed by atoms with Crippen LogP contribution in [0.5, 0.6) is 11.5 Å². The van der Waals surface area contributed by atoms with Crippen LogP contribution in [0.15, 0.2) is 29.6 Å². The monoisotopic (exact) mass is 399 g/mol. The molecule has 0 aliphatic carbocycles. The topological polar surface area (TPSA) is 82.5 Å². The van der Waals surface area contributed by atoms with Crippen LogP contribution in [0.25, 0.3) is 0 Å². The van der Waals surface area contributed by atoms with Gasteiger partial charge in [-0.15, -0.1) is 0 Å². The van der Waals surface area contributed by atoms with Crippen LogP contribution in [0.2, 0.25) is 5.15 Å². The molecule has 0 radical (unpaired) electrons. The molecule has 26 heavy (non-hydrogen) atoms. The molecule has 1 aliphatic heterocycles. The van der Waals surface area contributed by atoms with E-state index in [0.717, 1.165) is 12.0 Å². The molecular formula is C17H22ClN3O4S. The Labute approximate surface area is 158 Å². The van der Waals surface area contributed by atoms with Crippen molar-refractivity contribution in [3.8, 4) is 11.5 Å². The number of rotatable bonds is 5. The number of sulfonamides is 1. The number of hydrogen-bond acceptors (Lipinski definition) is 5. The van der Waals surface area contributed by atoms with Crippen LogP contribution in [0.4, 0.5) is 0 Å². The molecule has 0 spiro atoms. The number of nitrogens with zero attached hydrogens (tertiary/aromatic N) is 2. The highest BCUT2D eigenvalue weighted by Crippen LogP contribution is 2.35. The summed E-state index contributed by atoms with van der Waals surface area (Å²) in [4.78, 5) is 3.91. The molecule has 1 atom stereocenters. The third kappa shape index (κ3) is 3.82. The van der Waals surface area contributed by atoms with E-state index in [9.17, 15) is 8.42 Å². The summed E-state index contributed by atoms with van der Waals surface area (Å²) in [6, 6.07) is 5.03. The van der Waals surface area contributed by atoms with Gasteiger partial charge in [0, 0.05) is 19.5 Å². The number of benzene rings is 1. The van der Waals surface area contributed by atoms with Gasteiger partial charge in [-0.25, -0.2) is 18.1 Å². The summed E-state index contributed by atoms with van der Waals surface area (Å²) in [6.07, 6.45) is 2.18. The summed E-state index contributed by atoms with van der Waals surface area (Å²) < 4.78 is 41.1. The maximum absolute atomic E-state index is 12.8. The number of fused-ring (bicyclic) bond motifs is 1. The van der Waals surface area contributed by atoms with Crippen molar-refractivity contribution in [2.24, 2.45) is 13.0 Å². The summed E-state index contributed by atoms with van der Waals surface area (Å²) in [7, 11) is -2.24. The van der Waals surface area contributed by atoms with Crippen molar-refractivity contribution in [2.45, 2.75) is 31.3 Å². The van der Waals surface area contributed by atoms with Gasteiger partial charge >= 0.3 is 0 Å². The molecule has 0 bridgehead atoms. The molecule has 0 saturated carbocycles. The van der Waals surface area contributed by atoms with Crippen molar-refractivity contribution in [2.75, 3.05) is 13.2 Å². The predicted molar refractivity (Wildman–Crippen MR) is 98.2 cm³/mol. The van der Waals surface area contributed by atoms with Crippen LogP contribution in [0, 0.1) is 5.92 Å². The van der Waals surface area contributed by atoms with E-state index in [1.165, 1.54) is 10.9 Å². The van der Waals surface area contributed by atoms with E-state index < -0.39 is 16.1 Å². The maximum atomic E-state index is 12.8. The fraction of sp³-hybridized carbons (Fsp3) is 0.471. The van der Waals surface area contributed by atoms with Gasteiger partial charge in [0.25, 0.3) is 10.0 Å². The van der Waals surface area contributed by atoms with Gasteiger partial charge < -0.3 is 14.0 Å². The molecule has 1 aliphatic rings. The molecule has 0 amide bonds. The lowest BCUT2D eigenvalue weighted by Crippen LogP contribution is -2.32. The fourth-order valence-electron chi connectivity index (χ4n) is 2.76. The van der Waals surface area contributed by atoms with Gasteiger partial charge in [0.15, 0.2) is 11.5 Å². The highest BCUT2D eigenvalue weighted by Gasteiger charge is 2.29. The minimum atomic E-state index is -3.88. The number of nitrogens with one attached hydrogen (secondary N) is 1. The van der Waals surface area contributed by atoms with E-state index in [4.69, 9.17) is 21.1 Å². The lowest BCUT2D eigenvalue weighted by Gasteiger charge is -2.23. The summed E-state index contributed by atoms with van der Waals surface area (Å²) in [5, 5.41) is -0.111. The Morgan fingerprint density at radius 2 is 1.92 bits per heavy atom. The first-order valence-corrected chi connectivity index (χ1v) is 10.2. The van der Waals surface area contributed by atoms with E-state index in [1.807, 2.05) is 32.0 Å². The van der Waals surface area contributed by atoms with Crippen molar-refractivity contribution in [1.29, 1.82) is 0 Å². The Bertz CT molecular complexity index is 895. The Kier molecular flexibility index (Phi) is 5.45. The van der Waals surface area contributed by atoms with Crippen molar-refractivity contribution >= 4 is 21.6 Å². The van der Waals surface area contributed by atoms with Crippen LogP contribution in [-0.4, -0.2) is 31.2 Å². The fourth-order valence-corrected chi connectivity index (χ4v) is 4.56. The van der Waals surface area contributed by atoms with Crippen LogP contribution in [-0.2, 0) is 17.1 Å². The van der Waals surface area contributed by atoms with Gasteiger partial charge in [-0.3, -0.25) is 0 Å². The quantitative estimate of drug-likeness (QED) is 0.835. The van der Waals surface area contributed by atoms with E-state index in [-0.39, 0.29) is 16.1 Å². The van der Waals surface area contributed by atoms with E-state index >= 15 is 0 Å². The summed E-state index contributed by atoms with van der Waals surface area (Å²) >= 11 is 6.06. The Balaban J connectivity index is 1.93. The van der Waals surface area contributed by atoms with Crippen LogP contribution in [0.3, 0.4) is 0 Å². The number of hydrogen-bond donors (Lipinski definition) is 1. The minimum absolute atomic E-state index is 0.00277. The molecule has 2 heterocycles. The second kappa shape index (κ2) is 7.46. The average Bonchev–Trinajstić information content (AvgIpc) is 2.81. The summed E-state index contributed by atoms with van der Waals surface area (Å²) in [5.41, 5.74) is 0.792.